The van der Waals surface area contributed by atoms with Crippen LogP contribution in [0.15, 0.2) is 179 Å². The molecule has 4 aliphatic carbocycles. The standard InChI is InChI=1S/C81H78BN3O2/c1-47-40-69-73-70(41-47)85(67-22-17-20-59-58-19-14-16-23-71(58)86-75(59)67)68-44-55(83(53-31-28-49(29-32-53)77(3,4)5)66-37-30-52(42-48(66)2)78(6,7)8)34-36-65(68)82(73)76-74(60-45-63-64(46-72(60)87-76)80(11,12)39-38-79(63,9)10)84(69)54-33-35-57-56-18-13-15-21-61(56)81(62(57)43-54)50-24-25-51(81)27-26-50/h13-23,28-37,40-46,50-51H,24-27,38-39H2,1-12H3. The molecule has 11 aromatic rings. The van der Waals surface area contributed by atoms with Crippen molar-refractivity contribution >= 4 is 107 Å². The lowest BCUT2D eigenvalue weighted by Crippen LogP contribution is -2.61. The third kappa shape index (κ3) is 7.40. The molecule has 87 heavy (non-hydrogen) atoms. The van der Waals surface area contributed by atoms with Crippen LogP contribution in [0.4, 0.5) is 51.2 Å². The van der Waals surface area contributed by atoms with E-state index in [1.54, 1.807) is 5.56 Å². The van der Waals surface area contributed by atoms with E-state index in [9.17, 15) is 0 Å². The molecule has 432 valence electrons. The van der Waals surface area contributed by atoms with Crippen molar-refractivity contribution < 1.29 is 8.83 Å². The molecule has 0 unspecified atom stereocenters. The van der Waals surface area contributed by atoms with Crippen molar-refractivity contribution in [3.63, 3.8) is 0 Å². The summed E-state index contributed by atoms with van der Waals surface area (Å²) >= 11 is 0. The monoisotopic (exact) mass is 1140 g/mol. The smallest absolute Gasteiger partial charge is 0.297 e. The molecule has 2 aliphatic heterocycles. The molecule has 2 bridgehead atoms. The Bertz CT molecular complexity index is 4730. The number of hydrogen-bond acceptors (Lipinski definition) is 5. The van der Waals surface area contributed by atoms with Crippen LogP contribution in [-0.2, 0) is 27.1 Å². The van der Waals surface area contributed by atoms with Gasteiger partial charge in [-0.25, -0.2) is 0 Å². The number of hydrogen-bond donors (Lipinski definition) is 0. The lowest BCUT2D eigenvalue weighted by atomic mass is 9.35. The van der Waals surface area contributed by atoms with Gasteiger partial charge in [-0.2, -0.15) is 0 Å². The van der Waals surface area contributed by atoms with Crippen LogP contribution in [0, 0.1) is 25.7 Å². The zero-order valence-corrected chi connectivity index (χ0v) is 52.8. The maximum absolute atomic E-state index is 7.86. The summed E-state index contributed by atoms with van der Waals surface area (Å²) < 4.78 is 15.0. The average molecular weight is 1140 g/mol. The quantitative estimate of drug-likeness (QED) is 0.161. The van der Waals surface area contributed by atoms with Gasteiger partial charge < -0.3 is 23.5 Å². The molecular formula is C81H78BN3O2. The zero-order chi connectivity index (χ0) is 59.6. The van der Waals surface area contributed by atoms with Crippen molar-refractivity contribution in [3.05, 3.63) is 214 Å². The van der Waals surface area contributed by atoms with Crippen molar-refractivity contribution in [2.24, 2.45) is 11.8 Å². The first-order valence-corrected chi connectivity index (χ1v) is 32.4. The van der Waals surface area contributed by atoms with Crippen LogP contribution >= 0.6 is 0 Å². The summed E-state index contributed by atoms with van der Waals surface area (Å²) in [5.74, 6) is 1.28. The second kappa shape index (κ2) is 18.0. The van der Waals surface area contributed by atoms with Crippen LogP contribution in [0.5, 0.6) is 0 Å². The van der Waals surface area contributed by atoms with E-state index in [1.165, 1.54) is 103 Å². The number of furan rings is 2. The summed E-state index contributed by atoms with van der Waals surface area (Å²) in [6, 6.07) is 65.9. The molecule has 6 aliphatic rings. The fourth-order valence-corrected chi connectivity index (χ4v) is 17.8. The van der Waals surface area contributed by atoms with Crippen LogP contribution in [0.25, 0.3) is 44.0 Å². The Balaban J connectivity index is 0.962. The highest BCUT2D eigenvalue weighted by molar-refractivity contribution is 7.00. The molecule has 9 aromatic carbocycles. The minimum Gasteiger partial charge on any atom is -0.468 e. The van der Waals surface area contributed by atoms with Gasteiger partial charge in [0, 0.05) is 61.4 Å². The van der Waals surface area contributed by atoms with Gasteiger partial charge in [0.1, 0.15) is 11.2 Å². The normalized spacial score (nSPS) is 20.1. The highest BCUT2D eigenvalue weighted by atomic mass is 16.3. The van der Waals surface area contributed by atoms with Crippen molar-refractivity contribution in [1.29, 1.82) is 0 Å². The molecule has 0 saturated heterocycles. The van der Waals surface area contributed by atoms with Crippen LogP contribution in [0.2, 0.25) is 0 Å². The maximum Gasteiger partial charge on any atom is 0.297 e. The first-order chi connectivity index (χ1) is 41.7. The highest BCUT2D eigenvalue weighted by Crippen LogP contribution is 2.68. The molecule has 4 heterocycles. The summed E-state index contributed by atoms with van der Waals surface area (Å²) in [6.45, 7) is 28.0. The Morgan fingerprint density at radius 3 is 1.86 bits per heavy atom. The summed E-state index contributed by atoms with van der Waals surface area (Å²) in [5, 5.41) is 3.40. The number of anilines is 9. The van der Waals surface area contributed by atoms with Crippen LogP contribution < -0.4 is 31.3 Å². The summed E-state index contributed by atoms with van der Waals surface area (Å²) in [4.78, 5) is 7.71. The number of fused-ring (bicyclic) bond motifs is 13. The molecule has 0 N–H and O–H groups in total. The molecule has 17 rings (SSSR count). The number of nitrogens with zero attached hydrogens (tertiary/aromatic N) is 3. The van der Waals surface area contributed by atoms with Crippen molar-refractivity contribution in [2.45, 2.75) is 149 Å². The van der Waals surface area contributed by atoms with E-state index in [1.807, 2.05) is 0 Å². The Kier molecular flexibility index (Phi) is 11.0. The Labute approximate surface area is 514 Å². The molecule has 2 saturated carbocycles. The van der Waals surface area contributed by atoms with E-state index >= 15 is 0 Å². The van der Waals surface area contributed by atoms with Crippen LogP contribution in [0.3, 0.4) is 0 Å². The molecule has 0 amide bonds. The molecule has 0 radical (unpaired) electrons. The molecule has 1 spiro atoms. The maximum atomic E-state index is 7.86. The lowest BCUT2D eigenvalue weighted by Gasteiger charge is -2.43. The predicted octanol–water partition coefficient (Wildman–Crippen LogP) is 20.5. The van der Waals surface area contributed by atoms with E-state index in [4.69, 9.17) is 8.83 Å². The van der Waals surface area contributed by atoms with Crippen LogP contribution in [0.1, 0.15) is 152 Å². The number of aryl methyl sites for hydroxylation is 2. The molecule has 6 heteroatoms. The zero-order valence-electron chi connectivity index (χ0n) is 52.8. The molecule has 5 nitrogen and oxygen atoms in total. The second-order valence-corrected chi connectivity index (χ2v) is 30.4. The lowest BCUT2D eigenvalue weighted by molar-refractivity contribution is 0.332. The molecule has 2 fully saturated rings. The Hall–Kier alpha value is -8.22. The molecule has 2 aromatic heterocycles. The largest absolute Gasteiger partial charge is 0.468 e. The van der Waals surface area contributed by atoms with Gasteiger partial charge in [0.25, 0.3) is 6.71 Å². The van der Waals surface area contributed by atoms with Gasteiger partial charge in [-0.3, -0.25) is 0 Å². The van der Waals surface area contributed by atoms with Gasteiger partial charge in [-0.15, -0.1) is 0 Å². The molecular weight excluding hydrogens is 1060 g/mol. The first kappa shape index (κ1) is 53.1. The fraction of sp³-hybridized carbons (Fsp3) is 0.309. The number of rotatable bonds is 5. The number of benzene rings is 9. The van der Waals surface area contributed by atoms with Gasteiger partial charge in [-0.1, -0.05) is 160 Å². The third-order valence-corrected chi connectivity index (χ3v) is 22.3. The van der Waals surface area contributed by atoms with E-state index in [0.717, 1.165) is 85.8 Å². The van der Waals surface area contributed by atoms with Crippen molar-refractivity contribution in [1.82, 2.24) is 0 Å². The SMILES string of the molecule is Cc1cc2c3c(c1)N(c1cccc4c1oc1ccccc14)c1cc(N(c4ccc(C(C)(C)C)cc4)c4ccc(C(C)(C)C)cc4C)ccc1B3c1oc3cc4c(cc3c1N2c1ccc2c(c1)C1(c3ccccc3-2)C2CCC1CC2)C(C)(C)CCC4(C)C. The predicted molar refractivity (Wildman–Crippen MR) is 366 cm³/mol. The van der Waals surface area contributed by atoms with Crippen molar-refractivity contribution in [3.8, 4) is 11.1 Å². The average Bonchev–Trinajstić information content (AvgIpc) is 1.62. The fourth-order valence-electron chi connectivity index (χ4n) is 17.8. The second-order valence-electron chi connectivity index (χ2n) is 30.4. The van der Waals surface area contributed by atoms with Gasteiger partial charge >= 0.3 is 0 Å². The third-order valence-electron chi connectivity index (χ3n) is 22.3. The van der Waals surface area contributed by atoms with E-state index in [2.05, 4.69) is 268 Å². The van der Waals surface area contributed by atoms with E-state index in [0.29, 0.717) is 11.8 Å². The summed E-state index contributed by atoms with van der Waals surface area (Å²) in [5.41, 5.74) is 30.2. The van der Waals surface area contributed by atoms with Gasteiger partial charge in [0.2, 0.25) is 0 Å². The molecule has 0 atom stereocenters. The Morgan fingerprint density at radius 2 is 1.14 bits per heavy atom. The number of para-hydroxylation sites is 2. The summed E-state index contributed by atoms with van der Waals surface area (Å²) in [6.07, 6.45) is 7.45. The Morgan fingerprint density at radius 1 is 0.494 bits per heavy atom. The first-order valence-electron chi connectivity index (χ1n) is 32.4. The highest BCUT2D eigenvalue weighted by Gasteiger charge is 2.60. The van der Waals surface area contributed by atoms with Gasteiger partial charge in [-0.05, 0) is 231 Å². The van der Waals surface area contributed by atoms with Gasteiger partial charge in [0.05, 0.1) is 17.0 Å². The van der Waals surface area contributed by atoms with E-state index < -0.39 is 0 Å². The van der Waals surface area contributed by atoms with Gasteiger partial charge in [0.15, 0.2) is 5.58 Å². The van der Waals surface area contributed by atoms with Crippen LogP contribution in [-0.4, -0.2) is 6.71 Å². The minimum absolute atomic E-state index is 0.000410. The topological polar surface area (TPSA) is 36.0 Å². The summed E-state index contributed by atoms with van der Waals surface area (Å²) in [7, 11) is 0. The van der Waals surface area contributed by atoms with E-state index in [-0.39, 0.29) is 33.8 Å². The van der Waals surface area contributed by atoms with Crippen molar-refractivity contribution in [2.75, 3.05) is 14.7 Å². The minimum atomic E-state index is -0.245.